The molecule has 1 aliphatic rings. The molecule has 1 saturated carbocycles. The Morgan fingerprint density at radius 1 is 1.17 bits per heavy atom. The summed E-state index contributed by atoms with van der Waals surface area (Å²) in [7, 11) is 2.99. The summed E-state index contributed by atoms with van der Waals surface area (Å²) in [6, 6.07) is 3.45. The zero-order chi connectivity index (χ0) is 17.1. The predicted molar refractivity (Wildman–Crippen MR) is 90.9 cm³/mol. The lowest BCUT2D eigenvalue weighted by Gasteiger charge is -2.30. The highest BCUT2D eigenvalue weighted by atomic mass is 16.5. The second kappa shape index (κ2) is 7.07. The van der Waals surface area contributed by atoms with Crippen molar-refractivity contribution in [1.29, 1.82) is 0 Å². The molecule has 2 rings (SSSR count). The van der Waals surface area contributed by atoms with Crippen LogP contribution in [-0.2, 0) is 4.79 Å². The van der Waals surface area contributed by atoms with Crippen molar-refractivity contribution >= 4 is 11.9 Å². The van der Waals surface area contributed by atoms with Crippen molar-refractivity contribution < 1.29 is 19.4 Å². The number of aromatic hydroxyl groups is 1. The summed E-state index contributed by atoms with van der Waals surface area (Å²) in [5.74, 6) is 1.58. The molecule has 1 aliphatic carbocycles. The molecule has 23 heavy (non-hydrogen) atoms. The number of ether oxygens (including phenoxy) is 2. The lowest BCUT2D eigenvalue weighted by molar-refractivity contribution is -0.122. The highest BCUT2D eigenvalue weighted by molar-refractivity contribution is 6.02. The van der Waals surface area contributed by atoms with Crippen LogP contribution >= 0.6 is 0 Å². The van der Waals surface area contributed by atoms with E-state index >= 15 is 0 Å². The number of carbonyl (C=O) groups excluding carboxylic acids is 1. The molecule has 0 spiro atoms. The van der Waals surface area contributed by atoms with Gasteiger partial charge in [-0.25, -0.2) is 0 Å². The third kappa shape index (κ3) is 3.52. The van der Waals surface area contributed by atoms with E-state index in [-0.39, 0.29) is 23.4 Å². The van der Waals surface area contributed by atoms with E-state index in [4.69, 9.17) is 9.47 Å². The number of hydrogen-bond acceptors (Lipinski definition) is 4. The minimum absolute atomic E-state index is 0.0276. The second-order valence-corrected chi connectivity index (χ2v) is 6.57. The van der Waals surface area contributed by atoms with E-state index in [1.54, 1.807) is 12.1 Å². The van der Waals surface area contributed by atoms with Crippen molar-refractivity contribution in [2.75, 3.05) is 14.2 Å². The summed E-state index contributed by atoms with van der Waals surface area (Å²) in [4.78, 5) is 12.8. The van der Waals surface area contributed by atoms with Gasteiger partial charge in [0.05, 0.1) is 14.2 Å². The molecule has 4 heteroatoms. The van der Waals surface area contributed by atoms with E-state index in [1.807, 2.05) is 6.08 Å². The molecule has 0 heterocycles. The number of hydrogen-bond donors (Lipinski definition) is 1. The van der Waals surface area contributed by atoms with Crippen LogP contribution in [0.4, 0.5) is 0 Å². The molecule has 0 saturated heterocycles. The van der Waals surface area contributed by atoms with E-state index < -0.39 is 0 Å². The third-order valence-corrected chi connectivity index (χ3v) is 4.69. The summed E-state index contributed by atoms with van der Waals surface area (Å²) >= 11 is 0. The molecule has 1 N–H and O–H groups in total. The van der Waals surface area contributed by atoms with Gasteiger partial charge in [0.15, 0.2) is 17.3 Å². The molecule has 0 aliphatic heterocycles. The van der Waals surface area contributed by atoms with Crippen LogP contribution < -0.4 is 9.47 Å². The predicted octanol–water partition coefficient (Wildman–Crippen LogP) is 4.06. The zero-order valence-corrected chi connectivity index (χ0v) is 14.6. The van der Waals surface area contributed by atoms with Crippen molar-refractivity contribution in [3.63, 3.8) is 0 Å². The summed E-state index contributed by atoms with van der Waals surface area (Å²) < 4.78 is 10.4. The Balaban J connectivity index is 2.45. The topological polar surface area (TPSA) is 55.8 Å². The van der Waals surface area contributed by atoms with Crippen molar-refractivity contribution in [2.24, 2.45) is 17.8 Å². The number of ketones is 1. The number of methoxy groups -OCH3 is 2. The molecule has 0 amide bonds. The molecule has 1 aromatic carbocycles. The summed E-state index contributed by atoms with van der Waals surface area (Å²) in [6.45, 7) is 6.29. The Bertz CT molecular complexity index is 591. The van der Waals surface area contributed by atoms with E-state index in [1.165, 1.54) is 14.2 Å². The lowest BCUT2D eigenvalue weighted by atomic mass is 9.73. The Kier molecular flexibility index (Phi) is 5.34. The van der Waals surface area contributed by atoms with Crippen molar-refractivity contribution in [3.8, 4) is 17.2 Å². The molecule has 1 fully saturated rings. The standard InChI is InChI=1S/C19H26O4/c1-11(2)14-7-6-12(3)15(18(14)20)8-13-9-16(22-4)19(21)17(10-13)23-5/h8-12,14,21H,6-7H2,1-5H3/t12-,14+/m0/s1. The fourth-order valence-corrected chi connectivity index (χ4v) is 3.20. The Labute approximate surface area is 138 Å². The first-order chi connectivity index (χ1) is 10.9. The molecular formula is C19H26O4. The van der Waals surface area contributed by atoms with E-state index in [9.17, 15) is 9.90 Å². The van der Waals surface area contributed by atoms with Gasteiger partial charge in [0, 0.05) is 5.92 Å². The van der Waals surface area contributed by atoms with Gasteiger partial charge < -0.3 is 14.6 Å². The minimum atomic E-state index is -0.0276. The highest BCUT2D eigenvalue weighted by Gasteiger charge is 2.32. The van der Waals surface area contributed by atoms with Crippen LogP contribution in [0.25, 0.3) is 6.08 Å². The van der Waals surface area contributed by atoms with E-state index in [0.29, 0.717) is 17.4 Å². The van der Waals surface area contributed by atoms with Gasteiger partial charge in [0.25, 0.3) is 0 Å². The average molecular weight is 318 g/mol. The summed E-state index contributed by atoms with van der Waals surface area (Å²) in [6.07, 6.45) is 3.88. The lowest BCUT2D eigenvalue weighted by Crippen LogP contribution is -2.30. The monoisotopic (exact) mass is 318 g/mol. The van der Waals surface area contributed by atoms with Crippen molar-refractivity contribution in [3.05, 3.63) is 23.3 Å². The molecule has 126 valence electrons. The maximum absolute atomic E-state index is 12.8. The Hall–Kier alpha value is -1.97. The Morgan fingerprint density at radius 2 is 1.74 bits per heavy atom. The number of phenols is 1. The van der Waals surface area contributed by atoms with Gasteiger partial charge >= 0.3 is 0 Å². The van der Waals surface area contributed by atoms with Gasteiger partial charge in [0.2, 0.25) is 5.75 Å². The normalized spacial score (nSPS) is 23.4. The van der Waals surface area contributed by atoms with Gasteiger partial charge in [-0.05, 0) is 54.0 Å². The summed E-state index contributed by atoms with van der Waals surface area (Å²) in [5.41, 5.74) is 1.65. The average Bonchev–Trinajstić information content (AvgIpc) is 2.52. The van der Waals surface area contributed by atoms with Gasteiger partial charge in [0.1, 0.15) is 0 Å². The van der Waals surface area contributed by atoms with Crippen LogP contribution in [0.2, 0.25) is 0 Å². The van der Waals surface area contributed by atoms with Crippen LogP contribution in [-0.4, -0.2) is 25.1 Å². The first-order valence-corrected chi connectivity index (χ1v) is 8.09. The first-order valence-electron chi connectivity index (χ1n) is 8.09. The van der Waals surface area contributed by atoms with Gasteiger partial charge in [-0.3, -0.25) is 4.79 Å². The minimum Gasteiger partial charge on any atom is -0.502 e. The number of phenolic OH excluding ortho intramolecular Hbond substituents is 1. The number of Topliss-reactive ketones (excluding diaryl/α,β-unsaturated/α-hetero) is 1. The fraction of sp³-hybridized carbons (Fsp3) is 0.526. The highest BCUT2D eigenvalue weighted by Crippen LogP contribution is 2.39. The molecule has 0 bridgehead atoms. The molecule has 1 aromatic rings. The number of carbonyl (C=O) groups is 1. The zero-order valence-electron chi connectivity index (χ0n) is 14.6. The molecule has 0 radical (unpaired) electrons. The van der Waals surface area contributed by atoms with Crippen molar-refractivity contribution in [2.45, 2.75) is 33.6 Å². The van der Waals surface area contributed by atoms with Crippen LogP contribution in [0.1, 0.15) is 39.2 Å². The molecule has 2 atom stereocenters. The molecule has 0 aromatic heterocycles. The number of benzene rings is 1. The smallest absolute Gasteiger partial charge is 0.200 e. The van der Waals surface area contributed by atoms with Crippen LogP contribution in [0, 0.1) is 17.8 Å². The largest absolute Gasteiger partial charge is 0.502 e. The molecular weight excluding hydrogens is 292 g/mol. The van der Waals surface area contributed by atoms with Gasteiger partial charge in [-0.1, -0.05) is 20.8 Å². The van der Waals surface area contributed by atoms with Crippen LogP contribution in [0.3, 0.4) is 0 Å². The number of allylic oxidation sites excluding steroid dienone is 1. The molecule has 0 unspecified atom stereocenters. The SMILES string of the molecule is COc1cc(C=C2C(=O)[C@@H](C(C)C)CC[C@@H]2C)cc(OC)c1O. The fourth-order valence-electron chi connectivity index (χ4n) is 3.20. The Morgan fingerprint density at radius 3 is 2.22 bits per heavy atom. The maximum atomic E-state index is 12.8. The first kappa shape index (κ1) is 17.4. The maximum Gasteiger partial charge on any atom is 0.200 e. The van der Waals surface area contributed by atoms with E-state index in [2.05, 4.69) is 20.8 Å². The summed E-state index contributed by atoms with van der Waals surface area (Å²) in [5, 5.41) is 10.0. The van der Waals surface area contributed by atoms with Gasteiger partial charge in [-0.2, -0.15) is 0 Å². The van der Waals surface area contributed by atoms with Crippen LogP contribution in [0.5, 0.6) is 17.2 Å². The second-order valence-electron chi connectivity index (χ2n) is 6.57. The quantitative estimate of drug-likeness (QED) is 0.850. The number of rotatable bonds is 4. The van der Waals surface area contributed by atoms with Crippen LogP contribution in [0.15, 0.2) is 17.7 Å². The van der Waals surface area contributed by atoms with Gasteiger partial charge in [-0.15, -0.1) is 0 Å². The van der Waals surface area contributed by atoms with E-state index in [0.717, 1.165) is 24.0 Å². The molecule has 4 nitrogen and oxygen atoms in total. The van der Waals surface area contributed by atoms with Crippen molar-refractivity contribution in [1.82, 2.24) is 0 Å². The third-order valence-electron chi connectivity index (χ3n) is 4.69.